The Morgan fingerprint density at radius 3 is 2.15 bits per heavy atom. The Morgan fingerprint density at radius 2 is 1.42 bits per heavy atom. The third-order valence-corrected chi connectivity index (χ3v) is 7.29. The van der Waals surface area contributed by atoms with Crippen molar-refractivity contribution in [2.45, 2.75) is 45.1 Å². The lowest BCUT2D eigenvalue weighted by molar-refractivity contribution is -0.141. The van der Waals surface area contributed by atoms with E-state index in [0.717, 1.165) is 60.9 Å². The summed E-state index contributed by atoms with van der Waals surface area (Å²) in [5, 5.41) is 1.14. The highest BCUT2D eigenvalue weighted by molar-refractivity contribution is 5.89. The average molecular weight is 444 g/mol. The normalized spacial score (nSPS) is 17.8. The minimum absolute atomic E-state index is 0.0689. The Kier molecular flexibility index (Phi) is 6.47. The van der Waals surface area contributed by atoms with Crippen molar-refractivity contribution in [1.29, 1.82) is 0 Å². The molecule has 2 fully saturated rings. The molecule has 0 saturated carbocycles. The molecule has 0 bridgehead atoms. The number of amides is 2. The highest BCUT2D eigenvalue weighted by Crippen LogP contribution is 2.29. The highest BCUT2D eigenvalue weighted by atomic mass is 16.2. The summed E-state index contributed by atoms with van der Waals surface area (Å²) in [7, 11) is 0. The third-order valence-electron chi connectivity index (χ3n) is 7.29. The maximum absolute atomic E-state index is 13.3. The number of hydrogen-bond donors (Lipinski definition) is 0. The van der Waals surface area contributed by atoms with Crippen LogP contribution in [0.15, 0.2) is 60.7 Å². The van der Waals surface area contributed by atoms with Crippen molar-refractivity contribution >= 4 is 22.7 Å². The van der Waals surface area contributed by atoms with Gasteiger partial charge in [0.2, 0.25) is 11.8 Å². The van der Waals surface area contributed by atoms with E-state index >= 15 is 0 Å². The van der Waals surface area contributed by atoms with Gasteiger partial charge in [0.15, 0.2) is 0 Å². The fraction of sp³-hybridized carbons (Fsp3) is 0.429. The highest BCUT2D eigenvalue weighted by Gasteiger charge is 2.30. The van der Waals surface area contributed by atoms with Gasteiger partial charge < -0.3 is 14.4 Å². The molecule has 0 atom stereocenters. The van der Waals surface area contributed by atoms with Crippen LogP contribution in [0.4, 0.5) is 0 Å². The van der Waals surface area contributed by atoms with Crippen LogP contribution in [0.2, 0.25) is 0 Å². The predicted octanol–water partition coefficient (Wildman–Crippen LogP) is 4.95. The monoisotopic (exact) mass is 443 g/mol. The van der Waals surface area contributed by atoms with Crippen molar-refractivity contribution in [3.63, 3.8) is 0 Å². The first kappa shape index (κ1) is 21.7. The molecular weight excluding hydrogens is 410 g/mol. The van der Waals surface area contributed by atoms with Crippen LogP contribution < -0.4 is 0 Å². The summed E-state index contributed by atoms with van der Waals surface area (Å²) in [5.41, 5.74) is 3.26. The number of hydrogen-bond acceptors (Lipinski definition) is 2. The van der Waals surface area contributed by atoms with Gasteiger partial charge in [0.25, 0.3) is 0 Å². The smallest absolute Gasteiger partial charge is 0.242 e. The number of likely N-dealkylation sites (tertiary alicyclic amines) is 2. The second kappa shape index (κ2) is 9.82. The van der Waals surface area contributed by atoms with Crippen LogP contribution in [-0.4, -0.2) is 52.4 Å². The fourth-order valence-corrected chi connectivity index (χ4v) is 5.39. The van der Waals surface area contributed by atoms with Gasteiger partial charge in [-0.2, -0.15) is 0 Å². The van der Waals surface area contributed by atoms with E-state index in [2.05, 4.69) is 39.8 Å². The van der Waals surface area contributed by atoms with Gasteiger partial charge in [-0.3, -0.25) is 9.59 Å². The van der Waals surface area contributed by atoms with E-state index in [4.69, 9.17) is 0 Å². The van der Waals surface area contributed by atoms with Crippen LogP contribution in [0, 0.1) is 5.92 Å². The van der Waals surface area contributed by atoms with Crippen LogP contribution in [0.1, 0.15) is 38.5 Å². The number of nitrogens with zero attached hydrogens (tertiary/aromatic N) is 3. The average Bonchev–Trinajstić information content (AvgIpc) is 3.03. The first-order chi connectivity index (χ1) is 16.2. The predicted molar refractivity (Wildman–Crippen MR) is 132 cm³/mol. The zero-order valence-corrected chi connectivity index (χ0v) is 19.3. The minimum Gasteiger partial charge on any atom is -0.342 e. The van der Waals surface area contributed by atoms with Gasteiger partial charge in [-0.1, -0.05) is 61.4 Å². The number of carbonyl (C=O) groups is 2. The third kappa shape index (κ3) is 4.68. The molecule has 0 unspecified atom stereocenters. The number of fused-ring (bicyclic) bond motifs is 1. The molecule has 5 heteroatoms. The molecule has 0 spiro atoms. The summed E-state index contributed by atoms with van der Waals surface area (Å²) in [5.74, 6) is 0.514. The van der Waals surface area contributed by atoms with Crippen molar-refractivity contribution in [2.75, 3.05) is 26.2 Å². The van der Waals surface area contributed by atoms with Crippen molar-refractivity contribution < 1.29 is 9.59 Å². The van der Waals surface area contributed by atoms with Crippen LogP contribution in [0.3, 0.4) is 0 Å². The van der Waals surface area contributed by atoms with Crippen molar-refractivity contribution in [2.24, 2.45) is 5.92 Å². The molecule has 2 aliphatic rings. The summed E-state index contributed by atoms with van der Waals surface area (Å²) >= 11 is 0. The standard InChI is InChI=1S/C28H33N3O2/c32-27(29-18-14-23(15-19-29)28(33)30-16-8-1-2-9-17-30)21-31-25-13-7-6-12-24(25)20-26(31)22-10-4-3-5-11-22/h3-7,10-13,20,23H,1-2,8-9,14-19,21H2. The maximum atomic E-state index is 13.3. The van der Waals surface area contributed by atoms with Gasteiger partial charge in [-0.25, -0.2) is 0 Å². The van der Waals surface area contributed by atoms with Crippen LogP contribution >= 0.6 is 0 Å². The lowest BCUT2D eigenvalue weighted by Gasteiger charge is -2.34. The minimum atomic E-state index is 0.0689. The Labute approximate surface area is 196 Å². The SMILES string of the molecule is O=C(Cn1c(-c2ccccc2)cc2ccccc21)N1CCC(C(=O)N2CCCCCC2)CC1. The number of carbonyl (C=O) groups excluding carboxylic acids is 2. The zero-order valence-electron chi connectivity index (χ0n) is 19.3. The quantitative estimate of drug-likeness (QED) is 0.573. The zero-order chi connectivity index (χ0) is 22.6. The molecule has 3 aromatic rings. The van der Waals surface area contributed by atoms with E-state index in [-0.39, 0.29) is 11.8 Å². The topological polar surface area (TPSA) is 45.6 Å². The van der Waals surface area contributed by atoms with Crippen LogP contribution in [0.5, 0.6) is 0 Å². The van der Waals surface area contributed by atoms with E-state index in [9.17, 15) is 9.59 Å². The molecule has 0 radical (unpaired) electrons. The van der Waals surface area contributed by atoms with Crippen LogP contribution in [-0.2, 0) is 16.1 Å². The maximum Gasteiger partial charge on any atom is 0.242 e. The molecule has 2 amide bonds. The molecule has 2 aromatic carbocycles. The molecule has 1 aromatic heterocycles. The van der Waals surface area contributed by atoms with E-state index in [0.29, 0.717) is 25.5 Å². The Hall–Kier alpha value is -3.08. The molecule has 2 aliphatic heterocycles. The van der Waals surface area contributed by atoms with Crippen molar-refractivity contribution in [3.8, 4) is 11.3 Å². The van der Waals surface area contributed by atoms with E-state index < -0.39 is 0 Å². The molecule has 5 rings (SSSR count). The summed E-state index contributed by atoms with van der Waals surface area (Å²) in [6.07, 6.45) is 6.26. The summed E-state index contributed by atoms with van der Waals surface area (Å²) in [6.45, 7) is 3.47. The molecule has 0 aliphatic carbocycles. The summed E-state index contributed by atoms with van der Waals surface area (Å²) < 4.78 is 2.14. The molecule has 33 heavy (non-hydrogen) atoms. The van der Waals surface area contributed by atoms with Crippen LogP contribution in [0.25, 0.3) is 22.2 Å². The first-order valence-electron chi connectivity index (χ1n) is 12.4. The molecule has 0 N–H and O–H groups in total. The number of benzene rings is 2. The Balaban J connectivity index is 1.28. The van der Waals surface area contributed by atoms with E-state index in [1.807, 2.05) is 35.2 Å². The number of rotatable bonds is 4. The van der Waals surface area contributed by atoms with Gasteiger partial charge in [0.05, 0.1) is 0 Å². The largest absolute Gasteiger partial charge is 0.342 e. The number of piperidine rings is 1. The van der Waals surface area contributed by atoms with Gasteiger partial charge in [0, 0.05) is 48.7 Å². The summed E-state index contributed by atoms with van der Waals surface area (Å²) in [6, 6.07) is 20.7. The van der Waals surface area contributed by atoms with E-state index in [1.165, 1.54) is 12.8 Å². The van der Waals surface area contributed by atoms with Gasteiger partial charge in [-0.15, -0.1) is 0 Å². The lowest BCUT2D eigenvalue weighted by Crippen LogP contribution is -2.45. The summed E-state index contributed by atoms with van der Waals surface area (Å²) in [4.78, 5) is 30.4. The lowest BCUT2D eigenvalue weighted by atomic mass is 9.95. The molecular formula is C28H33N3O2. The van der Waals surface area contributed by atoms with Crippen molar-refractivity contribution in [1.82, 2.24) is 14.4 Å². The van der Waals surface area contributed by atoms with Gasteiger partial charge in [-0.05, 0) is 43.4 Å². The Bertz CT molecular complexity index is 1100. The second-order valence-corrected chi connectivity index (χ2v) is 9.44. The fourth-order valence-electron chi connectivity index (χ4n) is 5.39. The van der Waals surface area contributed by atoms with Gasteiger partial charge in [0.1, 0.15) is 6.54 Å². The van der Waals surface area contributed by atoms with E-state index in [1.54, 1.807) is 0 Å². The number of aromatic nitrogens is 1. The molecule has 5 nitrogen and oxygen atoms in total. The second-order valence-electron chi connectivity index (χ2n) is 9.44. The Morgan fingerprint density at radius 1 is 0.758 bits per heavy atom. The molecule has 2 saturated heterocycles. The molecule has 3 heterocycles. The van der Waals surface area contributed by atoms with Crippen molar-refractivity contribution in [3.05, 3.63) is 60.7 Å². The molecule has 172 valence electrons. The van der Waals surface area contributed by atoms with Gasteiger partial charge >= 0.3 is 0 Å². The first-order valence-corrected chi connectivity index (χ1v) is 12.4. The number of para-hydroxylation sites is 1.